The molecule has 0 radical (unpaired) electrons. The van der Waals surface area contributed by atoms with Crippen molar-refractivity contribution in [3.8, 4) is 17.3 Å². The molecule has 5 heteroatoms. The highest BCUT2D eigenvalue weighted by Gasteiger charge is 2.33. The van der Waals surface area contributed by atoms with Crippen molar-refractivity contribution in [2.24, 2.45) is 0 Å². The number of carbonyl (C=O) groups is 1. The Morgan fingerprint density at radius 3 is 2.45 bits per heavy atom. The Morgan fingerprint density at radius 2 is 1.85 bits per heavy atom. The lowest BCUT2D eigenvalue weighted by Crippen LogP contribution is -2.02. The molecule has 1 aromatic carbocycles. The molecule has 0 saturated carbocycles. The van der Waals surface area contributed by atoms with Gasteiger partial charge in [0.2, 0.25) is 0 Å². The normalized spacial score (nSPS) is 11.9. The largest absolute Gasteiger partial charge is 0.288 e. The molecule has 0 amide bonds. The number of nitrogens with zero attached hydrogens (tertiary/aromatic N) is 2. The van der Waals surface area contributed by atoms with Gasteiger partial charge in [-0.2, -0.15) is 5.26 Å². The Bertz CT molecular complexity index is 778. The summed E-state index contributed by atoms with van der Waals surface area (Å²) in [5, 5.41) is 10.0. The molecule has 1 aromatic heterocycles. The van der Waals surface area contributed by atoms with Crippen molar-refractivity contribution in [1.29, 1.82) is 5.26 Å². The third-order valence-electron chi connectivity index (χ3n) is 3.28. The van der Waals surface area contributed by atoms with Crippen LogP contribution in [0.15, 0.2) is 34.2 Å². The summed E-state index contributed by atoms with van der Waals surface area (Å²) in [5.74, 6) is -0.0309. The molecule has 1 aliphatic carbocycles. The number of aromatic nitrogens is 1. The van der Waals surface area contributed by atoms with E-state index in [1.54, 1.807) is 0 Å². The van der Waals surface area contributed by atoms with Crippen molar-refractivity contribution in [3.05, 3.63) is 41.0 Å². The first-order valence-electron chi connectivity index (χ1n) is 5.93. The average molecular weight is 298 g/mol. The quantitative estimate of drug-likeness (QED) is 0.676. The third-order valence-corrected chi connectivity index (χ3v) is 4.78. The van der Waals surface area contributed by atoms with Crippen molar-refractivity contribution in [3.63, 3.8) is 0 Å². The van der Waals surface area contributed by atoms with Crippen LogP contribution in [0.5, 0.6) is 0 Å². The van der Waals surface area contributed by atoms with Gasteiger partial charge < -0.3 is 0 Å². The summed E-state index contributed by atoms with van der Waals surface area (Å²) < 4.78 is 0. The van der Waals surface area contributed by atoms with Crippen molar-refractivity contribution < 1.29 is 4.79 Å². The van der Waals surface area contributed by atoms with Crippen LogP contribution in [0.2, 0.25) is 0 Å². The maximum absolute atomic E-state index is 12.6. The summed E-state index contributed by atoms with van der Waals surface area (Å²) in [6.07, 6.45) is 3.78. The first-order chi connectivity index (χ1) is 9.72. The number of carbonyl (C=O) groups excluding carboxylic acids is 1. The van der Waals surface area contributed by atoms with Gasteiger partial charge in [0.1, 0.15) is 11.1 Å². The highest BCUT2D eigenvalue weighted by Crippen LogP contribution is 2.43. The van der Waals surface area contributed by atoms with Crippen molar-refractivity contribution in [2.45, 2.75) is 9.92 Å². The average Bonchev–Trinajstić information content (AvgIpc) is 2.78. The Morgan fingerprint density at radius 1 is 1.15 bits per heavy atom. The van der Waals surface area contributed by atoms with Crippen LogP contribution in [-0.2, 0) is 0 Å². The highest BCUT2D eigenvalue weighted by molar-refractivity contribution is 7.99. The molecule has 0 fully saturated rings. The molecule has 20 heavy (non-hydrogen) atoms. The van der Waals surface area contributed by atoms with Gasteiger partial charge in [-0.25, -0.2) is 4.98 Å². The van der Waals surface area contributed by atoms with Crippen LogP contribution in [0.25, 0.3) is 11.3 Å². The number of benzene rings is 1. The first-order valence-corrected chi connectivity index (χ1v) is 8.38. The Labute approximate surface area is 125 Å². The Kier molecular flexibility index (Phi) is 3.28. The van der Waals surface area contributed by atoms with Gasteiger partial charge in [-0.1, -0.05) is 24.3 Å². The number of thioether (sulfide) groups is 2. The molecule has 98 valence electrons. The molecule has 3 nitrogen and oxygen atoms in total. The maximum atomic E-state index is 12.6. The molecule has 0 N–H and O–H groups in total. The van der Waals surface area contributed by atoms with Crippen LogP contribution in [0.3, 0.4) is 0 Å². The Hall–Kier alpha value is -1.77. The fourth-order valence-corrected chi connectivity index (χ4v) is 3.76. The molecule has 3 rings (SSSR count). The topological polar surface area (TPSA) is 53.8 Å². The van der Waals surface area contributed by atoms with Gasteiger partial charge in [0, 0.05) is 16.0 Å². The molecule has 0 saturated heterocycles. The number of rotatable bonds is 2. The fraction of sp³-hybridized carbons (Fsp3) is 0.133. The third kappa shape index (κ3) is 1.69. The Balaban J connectivity index is 2.42. The summed E-state index contributed by atoms with van der Waals surface area (Å²) in [5.41, 5.74) is 3.33. The van der Waals surface area contributed by atoms with Crippen LogP contribution < -0.4 is 0 Å². The minimum Gasteiger partial charge on any atom is -0.288 e. The summed E-state index contributed by atoms with van der Waals surface area (Å²) in [7, 11) is 0. The van der Waals surface area contributed by atoms with Gasteiger partial charge in [0.25, 0.3) is 0 Å². The molecule has 0 unspecified atom stereocenters. The number of hydrogen-bond donors (Lipinski definition) is 0. The van der Waals surface area contributed by atoms with E-state index in [1.807, 2.05) is 36.8 Å². The van der Waals surface area contributed by atoms with E-state index in [1.165, 1.54) is 23.5 Å². The highest BCUT2D eigenvalue weighted by atomic mass is 32.2. The van der Waals surface area contributed by atoms with E-state index in [4.69, 9.17) is 0 Å². The summed E-state index contributed by atoms with van der Waals surface area (Å²) in [4.78, 5) is 17.9. The van der Waals surface area contributed by atoms with Crippen LogP contribution in [0.1, 0.15) is 21.5 Å². The molecule has 1 aliphatic rings. The second-order valence-electron chi connectivity index (χ2n) is 4.24. The second-order valence-corrected chi connectivity index (χ2v) is 5.85. The van der Waals surface area contributed by atoms with Gasteiger partial charge >= 0.3 is 0 Å². The van der Waals surface area contributed by atoms with Crippen LogP contribution in [0, 0.1) is 11.3 Å². The van der Waals surface area contributed by atoms with Crippen LogP contribution >= 0.6 is 23.5 Å². The van der Waals surface area contributed by atoms with E-state index in [0.717, 1.165) is 10.5 Å². The van der Waals surface area contributed by atoms with Gasteiger partial charge in [-0.15, -0.1) is 23.5 Å². The van der Waals surface area contributed by atoms with E-state index in [0.29, 0.717) is 27.4 Å². The standard InChI is InChI=1S/C15H10N2OS2/c1-19-14-10(7-16)15(20-2)17-12-8-5-3-4-6-9(8)13(18)11(12)14/h3-6H,1-2H3. The number of ketones is 1. The SMILES string of the molecule is CSc1nc2c(c(SC)c1C#N)C(=O)c1ccccc1-2. The fourth-order valence-electron chi connectivity index (χ4n) is 2.42. The lowest BCUT2D eigenvalue weighted by Gasteiger charge is -2.10. The second kappa shape index (κ2) is 4.97. The first kappa shape index (κ1) is 13.2. The zero-order valence-electron chi connectivity index (χ0n) is 10.9. The molecule has 2 aromatic rings. The minimum absolute atomic E-state index is 0.0309. The summed E-state index contributed by atoms with van der Waals surface area (Å²) in [6.45, 7) is 0. The van der Waals surface area contributed by atoms with E-state index in [9.17, 15) is 10.1 Å². The number of hydrogen-bond acceptors (Lipinski definition) is 5. The maximum Gasteiger partial charge on any atom is 0.197 e. The molecule has 0 spiro atoms. The molecular formula is C15H10N2OS2. The lowest BCUT2D eigenvalue weighted by atomic mass is 10.1. The van der Waals surface area contributed by atoms with E-state index in [2.05, 4.69) is 11.1 Å². The predicted molar refractivity (Wildman–Crippen MR) is 81.4 cm³/mol. The van der Waals surface area contributed by atoms with E-state index >= 15 is 0 Å². The molecular weight excluding hydrogens is 288 g/mol. The smallest absolute Gasteiger partial charge is 0.197 e. The van der Waals surface area contributed by atoms with Crippen LogP contribution in [-0.4, -0.2) is 23.3 Å². The van der Waals surface area contributed by atoms with Gasteiger partial charge in [0.15, 0.2) is 5.78 Å². The molecule has 0 atom stereocenters. The summed E-state index contributed by atoms with van der Waals surface area (Å²) in [6, 6.07) is 9.66. The van der Waals surface area contributed by atoms with Crippen molar-refractivity contribution in [2.75, 3.05) is 12.5 Å². The number of nitriles is 1. The van der Waals surface area contributed by atoms with Crippen molar-refractivity contribution >= 4 is 29.3 Å². The summed E-state index contributed by atoms with van der Waals surface area (Å²) >= 11 is 2.87. The predicted octanol–water partition coefficient (Wildman–Crippen LogP) is 3.61. The monoisotopic (exact) mass is 298 g/mol. The zero-order chi connectivity index (χ0) is 14.3. The number of fused-ring (bicyclic) bond motifs is 3. The van der Waals surface area contributed by atoms with Crippen LogP contribution in [0.4, 0.5) is 0 Å². The molecule has 1 heterocycles. The lowest BCUT2D eigenvalue weighted by molar-refractivity contribution is 0.104. The molecule has 0 aliphatic heterocycles. The van der Waals surface area contributed by atoms with Gasteiger partial charge in [-0.3, -0.25) is 4.79 Å². The van der Waals surface area contributed by atoms with Crippen molar-refractivity contribution in [1.82, 2.24) is 4.98 Å². The minimum atomic E-state index is -0.0309. The zero-order valence-corrected chi connectivity index (χ0v) is 12.6. The number of pyridine rings is 1. The van der Waals surface area contributed by atoms with Gasteiger partial charge in [0.05, 0.1) is 16.8 Å². The van der Waals surface area contributed by atoms with E-state index in [-0.39, 0.29) is 5.78 Å². The molecule has 0 bridgehead atoms. The van der Waals surface area contributed by atoms with E-state index < -0.39 is 0 Å². The van der Waals surface area contributed by atoms with Gasteiger partial charge in [-0.05, 0) is 12.5 Å².